The second-order valence-corrected chi connectivity index (χ2v) is 2.54. The predicted molar refractivity (Wildman–Crippen MR) is 40.5 cm³/mol. The van der Waals surface area contributed by atoms with Crippen molar-refractivity contribution in [2.24, 2.45) is 0 Å². The molecule has 0 aliphatic carbocycles. The topological polar surface area (TPSA) is 46.2 Å². The first-order chi connectivity index (χ1) is 5.90. The third-order valence-electron chi connectivity index (χ3n) is 1.47. The van der Waals surface area contributed by atoms with Gasteiger partial charge in [0.1, 0.15) is 0 Å². The number of alkyl halides is 3. The lowest BCUT2D eigenvalue weighted by Gasteiger charge is -2.08. The van der Waals surface area contributed by atoms with E-state index in [1.165, 1.54) is 0 Å². The van der Waals surface area contributed by atoms with Gasteiger partial charge in [-0.3, -0.25) is 9.59 Å². The summed E-state index contributed by atoms with van der Waals surface area (Å²) in [5.74, 6) is 0. The van der Waals surface area contributed by atoms with Gasteiger partial charge >= 0.3 is 6.18 Å². The summed E-state index contributed by atoms with van der Waals surface area (Å²) in [7, 11) is 0. The van der Waals surface area contributed by atoms with Crippen LogP contribution in [0.4, 0.5) is 18.9 Å². The molecule has 0 spiro atoms. The summed E-state index contributed by atoms with van der Waals surface area (Å²) >= 11 is 0. The van der Waals surface area contributed by atoms with Crippen LogP contribution in [0.5, 0.6) is 0 Å². The minimum Gasteiger partial charge on any atom is -0.381 e. The van der Waals surface area contributed by atoms with Gasteiger partial charge in [-0.05, 0) is 0 Å². The maximum Gasteiger partial charge on any atom is 0.390 e. The lowest BCUT2D eigenvalue weighted by molar-refractivity contribution is -0.131. The third kappa shape index (κ3) is 2.57. The van der Waals surface area contributed by atoms with Crippen LogP contribution >= 0.6 is 0 Å². The van der Waals surface area contributed by atoms with Gasteiger partial charge in [0.25, 0.3) is 0 Å². The molecule has 0 bridgehead atoms. The van der Waals surface area contributed by atoms with Gasteiger partial charge in [0, 0.05) is 12.6 Å². The average molecular weight is 193 g/mol. The van der Waals surface area contributed by atoms with Crippen LogP contribution in [0, 0.1) is 0 Å². The van der Waals surface area contributed by atoms with Gasteiger partial charge in [0.05, 0.1) is 12.1 Å². The zero-order valence-corrected chi connectivity index (χ0v) is 6.44. The van der Waals surface area contributed by atoms with E-state index >= 15 is 0 Å². The molecule has 72 valence electrons. The third-order valence-corrected chi connectivity index (χ3v) is 1.47. The van der Waals surface area contributed by atoms with Gasteiger partial charge in [-0.15, -0.1) is 0 Å². The van der Waals surface area contributed by atoms with Crippen molar-refractivity contribution in [3.8, 4) is 0 Å². The number of halogens is 3. The van der Waals surface area contributed by atoms with Crippen molar-refractivity contribution in [2.75, 3.05) is 11.9 Å². The van der Waals surface area contributed by atoms with Crippen LogP contribution in [0.1, 0.15) is 6.42 Å². The van der Waals surface area contributed by atoms with Crippen LogP contribution < -0.4 is 16.2 Å². The molecule has 0 aliphatic rings. The maximum absolute atomic E-state index is 11.6. The molecular weight excluding hydrogens is 187 g/mol. The van der Waals surface area contributed by atoms with Crippen LogP contribution in [0.3, 0.4) is 0 Å². The van der Waals surface area contributed by atoms with Crippen LogP contribution in [0.15, 0.2) is 15.7 Å². The number of anilines is 1. The normalized spacial score (nSPS) is 11.9. The van der Waals surface area contributed by atoms with Crippen molar-refractivity contribution < 1.29 is 13.2 Å². The van der Waals surface area contributed by atoms with E-state index in [1.54, 1.807) is 0 Å². The molecule has 0 aromatic heterocycles. The van der Waals surface area contributed by atoms with Gasteiger partial charge in [-0.2, -0.15) is 13.2 Å². The summed E-state index contributed by atoms with van der Waals surface area (Å²) < 4.78 is 34.8. The molecule has 0 radical (unpaired) electrons. The fraction of sp³-hybridized carbons (Fsp3) is 0.429. The number of rotatable bonds is 3. The zero-order valence-electron chi connectivity index (χ0n) is 6.44. The van der Waals surface area contributed by atoms with E-state index in [9.17, 15) is 22.8 Å². The van der Waals surface area contributed by atoms with Crippen molar-refractivity contribution in [3.63, 3.8) is 0 Å². The Morgan fingerprint density at radius 3 is 2.31 bits per heavy atom. The highest BCUT2D eigenvalue weighted by atomic mass is 19.4. The van der Waals surface area contributed by atoms with Gasteiger partial charge in [-0.25, -0.2) is 0 Å². The highest BCUT2D eigenvalue weighted by molar-refractivity contribution is 5.46. The molecular formula is C7H6F3NO2. The maximum atomic E-state index is 11.6. The fourth-order valence-corrected chi connectivity index (χ4v) is 0.787. The van der Waals surface area contributed by atoms with E-state index in [-0.39, 0.29) is 12.2 Å². The molecule has 0 atom stereocenters. The highest BCUT2D eigenvalue weighted by Gasteiger charge is 2.26. The molecule has 0 saturated heterocycles. The molecule has 13 heavy (non-hydrogen) atoms. The quantitative estimate of drug-likeness (QED) is 0.717. The molecule has 1 N–H and O–H groups in total. The Bertz CT molecular complexity index is 362. The Morgan fingerprint density at radius 2 is 1.92 bits per heavy atom. The highest BCUT2D eigenvalue weighted by Crippen LogP contribution is 2.18. The van der Waals surface area contributed by atoms with E-state index in [0.29, 0.717) is 0 Å². The van der Waals surface area contributed by atoms with Crippen molar-refractivity contribution in [3.05, 3.63) is 26.5 Å². The molecule has 0 unspecified atom stereocenters. The second-order valence-electron chi connectivity index (χ2n) is 2.54. The lowest BCUT2D eigenvalue weighted by Crippen LogP contribution is -2.33. The van der Waals surface area contributed by atoms with Crippen LogP contribution in [0.25, 0.3) is 0 Å². The number of hydrogen-bond donors (Lipinski definition) is 1. The van der Waals surface area contributed by atoms with E-state index in [0.717, 1.165) is 6.07 Å². The number of nitrogens with one attached hydrogen (secondary N) is 1. The average Bonchev–Trinajstić information content (AvgIpc) is 2.00. The molecule has 3 nitrogen and oxygen atoms in total. The molecule has 0 heterocycles. The van der Waals surface area contributed by atoms with E-state index in [1.807, 2.05) is 0 Å². The molecule has 0 fully saturated rings. The van der Waals surface area contributed by atoms with Crippen LogP contribution in [0.2, 0.25) is 0 Å². The summed E-state index contributed by atoms with van der Waals surface area (Å²) in [5, 5.41) is 2.23. The van der Waals surface area contributed by atoms with Gasteiger partial charge in [0.15, 0.2) is 0 Å². The summed E-state index contributed by atoms with van der Waals surface area (Å²) in [5.41, 5.74) is -1.45. The summed E-state index contributed by atoms with van der Waals surface area (Å²) in [6, 6.07) is 0.985. The number of hydrogen-bond acceptors (Lipinski definition) is 3. The molecule has 1 rings (SSSR count). The second kappa shape index (κ2) is 3.20. The Hall–Kier alpha value is -1.33. The Labute approximate surface area is 70.9 Å². The van der Waals surface area contributed by atoms with Crippen LogP contribution in [-0.2, 0) is 0 Å². The zero-order chi connectivity index (χ0) is 10.1. The van der Waals surface area contributed by atoms with Gasteiger partial charge < -0.3 is 5.32 Å². The first-order valence-corrected chi connectivity index (χ1v) is 3.51. The Morgan fingerprint density at radius 1 is 1.31 bits per heavy atom. The molecule has 0 aliphatic heterocycles. The summed E-state index contributed by atoms with van der Waals surface area (Å²) in [6.45, 7) is -0.381. The Balaban J connectivity index is 2.35. The first-order valence-electron chi connectivity index (χ1n) is 3.51. The van der Waals surface area contributed by atoms with Gasteiger partial charge in [0.2, 0.25) is 10.9 Å². The minimum absolute atomic E-state index is 0.0331. The molecule has 0 saturated carbocycles. The Kier molecular flexibility index (Phi) is 2.40. The predicted octanol–water partition coefficient (Wildman–Crippen LogP) is 0.647. The van der Waals surface area contributed by atoms with E-state index in [2.05, 4.69) is 5.32 Å². The smallest absolute Gasteiger partial charge is 0.381 e. The van der Waals surface area contributed by atoms with E-state index in [4.69, 9.17) is 0 Å². The molecule has 0 amide bonds. The van der Waals surface area contributed by atoms with Crippen molar-refractivity contribution >= 4 is 5.69 Å². The minimum atomic E-state index is -4.25. The summed E-state index contributed by atoms with van der Waals surface area (Å²) in [6.07, 6.45) is -5.27. The lowest BCUT2D eigenvalue weighted by atomic mass is 10.2. The van der Waals surface area contributed by atoms with Gasteiger partial charge in [-0.1, -0.05) is 0 Å². The molecule has 1 aromatic carbocycles. The SMILES string of the molecule is O=c1cc(NCCC(F)(F)F)c1=O. The standard InChI is InChI=1S/C7H6F3NO2/c8-7(9,10)1-2-11-4-3-5(12)6(4)13/h3,11H,1-2H2. The summed E-state index contributed by atoms with van der Waals surface area (Å²) in [4.78, 5) is 20.9. The monoisotopic (exact) mass is 193 g/mol. The largest absolute Gasteiger partial charge is 0.390 e. The first kappa shape index (κ1) is 9.76. The van der Waals surface area contributed by atoms with E-state index < -0.39 is 23.5 Å². The van der Waals surface area contributed by atoms with Crippen molar-refractivity contribution in [2.45, 2.75) is 12.6 Å². The van der Waals surface area contributed by atoms with Crippen molar-refractivity contribution in [1.29, 1.82) is 0 Å². The molecule has 1 aromatic rings. The molecule has 6 heteroatoms. The van der Waals surface area contributed by atoms with Crippen molar-refractivity contribution in [1.82, 2.24) is 0 Å². The van der Waals surface area contributed by atoms with Crippen LogP contribution in [-0.4, -0.2) is 12.7 Å². The fourth-order valence-electron chi connectivity index (χ4n) is 0.787.